The molecule has 5 heteroatoms. The molecule has 0 spiro atoms. The van der Waals surface area contributed by atoms with Crippen LogP contribution >= 0.6 is 0 Å². The number of fused-ring (bicyclic) bond motifs is 2. The first-order valence-corrected chi connectivity index (χ1v) is 7.69. The van der Waals surface area contributed by atoms with E-state index in [1.54, 1.807) is 60.8 Å². The summed E-state index contributed by atoms with van der Waals surface area (Å²) < 4.78 is 0. The topological polar surface area (TPSA) is 76.1 Å². The van der Waals surface area contributed by atoms with Crippen LogP contribution in [0.15, 0.2) is 67.0 Å². The van der Waals surface area contributed by atoms with E-state index >= 15 is 0 Å². The lowest BCUT2D eigenvalue weighted by Crippen LogP contribution is -2.23. The summed E-state index contributed by atoms with van der Waals surface area (Å²) in [5.74, 6) is -0.879. The number of carbonyl (C=O) groups excluding carboxylic acids is 3. The van der Waals surface area contributed by atoms with Crippen LogP contribution in [0.5, 0.6) is 0 Å². The van der Waals surface area contributed by atoms with Crippen molar-refractivity contribution in [2.45, 2.75) is 0 Å². The molecule has 1 amide bonds. The molecule has 0 saturated heterocycles. The molecule has 5 nitrogen and oxygen atoms in total. The third-order valence-electron chi connectivity index (χ3n) is 4.12. The van der Waals surface area contributed by atoms with Crippen LogP contribution in [-0.4, -0.2) is 22.5 Å². The fourth-order valence-corrected chi connectivity index (χ4v) is 2.94. The molecule has 25 heavy (non-hydrogen) atoms. The van der Waals surface area contributed by atoms with Gasteiger partial charge in [0.15, 0.2) is 11.6 Å². The van der Waals surface area contributed by atoms with Gasteiger partial charge >= 0.3 is 0 Å². The van der Waals surface area contributed by atoms with Gasteiger partial charge in [-0.25, -0.2) is 0 Å². The van der Waals surface area contributed by atoms with Gasteiger partial charge in [-0.15, -0.1) is 0 Å². The maximum atomic E-state index is 12.9. The molecule has 1 aromatic heterocycles. The number of pyridine rings is 1. The molecule has 120 valence electrons. The minimum Gasteiger partial charge on any atom is -0.321 e. The molecule has 0 saturated carbocycles. The highest BCUT2D eigenvalue weighted by Crippen LogP contribution is 2.32. The SMILES string of the molecule is O=C(Nc1cccc2c1C(=O)c1ccccc1C2=O)c1cccnc1. The fourth-order valence-electron chi connectivity index (χ4n) is 2.94. The Morgan fingerprint density at radius 3 is 2.24 bits per heavy atom. The van der Waals surface area contributed by atoms with Crippen molar-refractivity contribution in [1.82, 2.24) is 4.98 Å². The highest BCUT2D eigenvalue weighted by molar-refractivity contribution is 6.30. The summed E-state index contributed by atoms with van der Waals surface area (Å²) in [4.78, 5) is 41.9. The van der Waals surface area contributed by atoms with Crippen LogP contribution in [0.25, 0.3) is 0 Å². The summed E-state index contributed by atoms with van der Waals surface area (Å²) >= 11 is 0. The molecular formula is C20H12N2O3. The Morgan fingerprint density at radius 2 is 1.52 bits per heavy atom. The van der Waals surface area contributed by atoms with Crippen LogP contribution in [0.4, 0.5) is 5.69 Å². The number of nitrogens with zero attached hydrogens (tertiary/aromatic N) is 1. The van der Waals surface area contributed by atoms with Gasteiger partial charge in [-0.2, -0.15) is 0 Å². The molecule has 1 aliphatic rings. The van der Waals surface area contributed by atoms with Crippen LogP contribution < -0.4 is 5.32 Å². The van der Waals surface area contributed by atoms with Crippen molar-refractivity contribution in [2.24, 2.45) is 0 Å². The molecule has 3 aromatic rings. The zero-order valence-corrected chi connectivity index (χ0v) is 13.0. The standard InChI is InChI=1S/C20H12N2O3/c23-18-13-6-1-2-7-14(13)19(24)17-15(18)8-3-9-16(17)22-20(25)12-5-4-10-21-11-12/h1-11H,(H,22,25). The van der Waals surface area contributed by atoms with Gasteiger partial charge in [0.2, 0.25) is 0 Å². The van der Waals surface area contributed by atoms with Gasteiger partial charge < -0.3 is 5.32 Å². The predicted molar refractivity (Wildman–Crippen MR) is 91.9 cm³/mol. The Balaban J connectivity index is 1.79. The smallest absolute Gasteiger partial charge is 0.257 e. The van der Waals surface area contributed by atoms with E-state index < -0.39 is 0 Å². The number of hydrogen-bond donors (Lipinski definition) is 1. The third-order valence-corrected chi connectivity index (χ3v) is 4.12. The fraction of sp³-hybridized carbons (Fsp3) is 0. The number of carbonyl (C=O) groups is 3. The first-order valence-electron chi connectivity index (χ1n) is 7.69. The zero-order valence-electron chi connectivity index (χ0n) is 13.0. The zero-order chi connectivity index (χ0) is 17.4. The Morgan fingerprint density at radius 1 is 0.800 bits per heavy atom. The Bertz CT molecular complexity index is 1030. The Kier molecular flexibility index (Phi) is 3.47. The number of amides is 1. The predicted octanol–water partition coefficient (Wildman–Crippen LogP) is 3.11. The number of nitrogens with one attached hydrogen (secondary N) is 1. The second-order valence-electron chi connectivity index (χ2n) is 5.63. The summed E-state index contributed by atoms with van der Waals surface area (Å²) in [6.45, 7) is 0. The van der Waals surface area contributed by atoms with Crippen LogP contribution in [-0.2, 0) is 0 Å². The van der Waals surface area contributed by atoms with Gasteiger partial charge in [0.05, 0.1) is 16.8 Å². The average molecular weight is 328 g/mol. The van der Waals surface area contributed by atoms with Gasteiger partial charge in [0.1, 0.15) is 0 Å². The number of hydrogen-bond acceptors (Lipinski definition) is 4. The van der Waals surface area contributed by atoms with Gasteiger partial charge in [-0.1, -0.05) is 36.4 Å². The molecule has 0 radical (unpaired) electrons. The highest BCUT2D eigenvalue weighted by atomic mass is 16.2. The molecule has 1 heterocycles. The quantitative estimate of drug-likeness (QED) is 0.613. The number of anilines is 1. The molecule has 2 aromatic carbocycles. The third kappa shape index (κ3) is 2.42. The van der Waals surface area contributed by atoms with E-state index in [0.717, 1.165) is 0 Å². The van der Waals surface area contributed by atoms with E-state index in [1.807, 2.05) is 0 Å². The van der Waals surface area contributed by atoms with Crippen LogP contribution in [0.3, 0.4) is 0 Å². The van der Waals surface area contributed by atoms with Crippen molar-refractivity contribution >= 4 is 23.2 Å². The summed E-state index contributed by atoms with van der Waals surface area (Å²) in [5.41, 5.74) is 1.95. The molecule has 1 N–H and O–H groups in total. The molecule has 0 aliphatic heterocycles. The van der Waals surface area contributed by atoms with Crippen molar-refractivity contribution in [1.29, 1.82) is 0 Å². The van der Waals surface area contributed by atoms with Crippen molar-refractivity contribution in [3.63, 3.8) is 0 Å². The van der Waals surface area contributed by atoms with Crippen molar-refractivity contribution in [3.8, 4) is 0 Å². The molecule has 1 aliphatic carbocycles. The maximum absolute atomic E-state index is 12.9. The van der Waals surface area contributed by atoms with E-state index in [1.165, 1.54) is 6.20 Å². The van der Waals surface area contributed by atoms with Crippen molar-refractivity contribution in [3.05, 3.63) is 94.8 Å². The van der Waals surface area contributed by atoms with Gasteiger partial charge in [-0.05, 0) is 18.2 Å². The first kappa shape index (κ1) is 15.0. The largest absolute Gasteiger partial charge is 0.321 e. The maximum Gasteiger partial charge on any atom is 0.257 e. The lowest BCUT2D eigenvalue weighted by molar-refractivity contribution is 0.0978. The average Bonchev–Trinajstić information content (AvgIpc) is 2.66. The summed E-state index contributed by atoms with van der Waals surface area (Å²) in [6.07, 6.45) is 3.01. The second kappa shape index (κ2) is 5.79. The highest BCUT2D eigenvalue weighted by Gasteiger charge is 2.31. The lowest BCUT2D eigenvalue weighted by Gasteiger charge is -2.20. The molecule has 0 bridgehead atoms. The Labute approximate surface area is 143 Å². The second-order valence-corrected chi connectivity index (χ2v) is 5.63. The van der Waals surface area contributed by atoms with Crippen molar-refractivity contribution < 1.29 is 14.4 Å². The monoisotopic (exact) mass is 328 g/mol. The summed E-state index contributed by atoms with van der Waals surface area (Å²) in [5, 5.41) is 2.72. The van der Waals surface area contributed by atoms with Crippen LogP contribution in [0.1, 0.15) is 42.2 Å². The Hall–Kier alpha value is -3.60. The number of aromatic nitrogens is 1. The summed E-state index contributed by atoms with van der Waals surface area (Å²) in [7, 11) is 0. The van der Waals surface area contributed by atoms with E-state index in [-0.39, 0.29) is 23.0 Å². The summed E-state index contributed by atoms with van der Waals surface area (Å²) in [6, 6.07) is 14.8. The minimum atomic E-state index is -0.388. The normalized spacial score (nSPS) is 12.3. The minimum absolute atomic E-state index is 0.220. The van der Waals surface area contributed by atoms with Crippen molar-refractivity contribution in [2.75, 3.05) is 5.32 Å². The van der Waals surface area contributed by atoms with Gasteiger partial charge in [0, 0.05) is 29.1 Å². The molecule has 4 rings (SSSR count). The van der Waals surface area contributed by atoms with Gasteiger partial charge in [-0.3, -0.25) is 19.4 Å². The van der Waals surface area contributed by atoms with Crippen LogP contribution in [0, 0.1) is 0 Å². The molecular weight excluding hydrogens is 316 g/mol. The van der Waals surface area contributed by atoms with E-state index in [2.05, 4.69) is 10.3 Å². The number of rotatable bonds is 2. The molecule has 0 atom stereocenters. The molecule has 0 fully saturated rings. The van der Waals surface area contributed by atoms with Gasteiger partial charge in [0.25, 0.3) is 5.91 Å². The van der Waals surface area contributed by atoms with E-state index in [9.17, 15) is 14.4 Å². The number of ketones is 2. The molecule has 0 unspecified atom stereocenters. The van der Waals surface area contributed by atoms with E-state index in [0.29, 0.717) is 27.9 Å². The number of benzene rings is 2. The van der Waals surface area contributed by atoms with E-state index in [4.69, 9.17) is 0 Å². The first-order chi connectivity index (χ1) is 12.2. The lowest BCUT2D eigenvalue weighted by atomic mass is 9.83. The van der Waals surface area contributed by atoms with Crippen LogP contribution in [0.2, 0.25) is 0 Å².